The number of nitrogens with two attached hydrogens (primary N) is 1. The minimum Gasteiger partial charge on any atom is -0.399 e. The van der Waals surface area contributed by atoms with Crippen molar-refractivity contribution in [3.63, 3.8) is 0 Å². The molecule has 0 unspecified atom stereocenters. The molecule has 2 rings (SSSR count). The van der Waals surface area contributed by atoms with Crippen LogP contribution in [0.4, 0.5) is 5.69 Å². The fraction of sp³-hybridized carbons (Fsp3) is 0.429. The number of rotatable bonds is 3. The van der Waals surface area contributed by atoms with E-state index in [1.807, 2.05) is 18.2 Å². The lowest BCUT2D eigenvalue weighted by atomic mass is 9.97. The minimum absolute atomic E-state index is 0.108. The van der Waals surface area contributed by atoms with Crippen LogP contribution in [-0.2, 0) is 11.2 Å². The lowest BCUT2D eigenvalue weighted by Gasteiger charge is -2.10. The quantitative estimate of drug-likeness (QED) is 0.686. The first-order valence-electron chi connectivity index (χ1n) is 6.18. The number of aromatic nitrogens is 2. The second kappa shape index (κ2) is 5.25. The highest BCUT2D eigenvalue weighted by atomic mass is 32.2. The molecular weight excluding hydrogens is 258 g/mol. The number of nitrogens with zero attached hydrogens (tertiary/aromatic N) is 2. The summed E-state index contributed by atoms with van der Waals surface area (Å²) in [6.45, 7) is 8.23. The van der Waals surface area contributed by atoms with Crippen LogP contribution in [0.3, 0.4) is 0 Å². The Morgan fingerprint density at radius 2 is 2.05 bits per heavy atom. The summed E-state index contributed by atoms with van der Waals surface area (Å²) in [5.41, 5.74) is 7.67. The van der Waals surface area contributed by atoms with Crippen molar-refractivity contribution in [3.05, 3.63) is 35.5 Å². The summed E-state index contributed by atoms with van der Waals surface area (Å²) in [6.07, 6.45) is 0. The first-order chi connectivity index (χ1) is 8.86. The van der Waals surface area contributed by atoms with Crippen LogP contribution < -0.4 is 5.73 Å². The van der Waals surface area contributed by atoms with Gasteiger partial charge >= 0.3 is 0 Å². The molecule has 0 amide bonds. The fourth-order valence-electron chi connectivity index (χ4n) is 1.53. The number of thioether (sulfide) groups is 1. The van der Waals surface area contributed by atoms with E-state index in [4.69, 9.17) is 10.3 Å². The van der Waals surface area contributed by atoms with Gasteiger partial charge in [-0.05, 0) is 24.6 Å². The highest BCUT2D eigenvalue weighted by molar-refractivity contribution is 7.98. The SMILES string of the molecule is Cc1ccc(N)cc1SCc1noc(C(C)(C)C)n1. The molecule has 0 fully saturated rings. The molecule has 0 aliphatic carbocycles. The number of anilines is 1. The first kappa shape index (κ1) is 13.9. The number of benzene rings is 1. The molecule has 2 aromatic rings. The van der Waals surface area contributed by atoms with Crippen molar-refractivity contribution in [2.75, 3.05) is 5.73 Å². The Bertz CT molecular complexity index is 572. The van der Waals surface area contributed by atoms with Gasteiger partial charge in [-0.2, -0.15) is 4.98 Å². The van der Waals surface area contributed by atoms with Crippen LogP contribution in [0.15, 0.2) is 27.6 Å². The summed E-state index contributed by atoms with van der Waals surface area (Å²) in [5.74, 6) is 2.08. The van der Waals surface area contributed by atoms with E-state index in [0.29, 0.717) is 11.6 Å². The number of aryl methyl sites for hydroxylation is 1. The summed E-state index contributed by atoms with van der Waals surface area (Å²) in [4.78, 5) is 5.57. The standard InChI is InChI=1S/C14H19N3OS/c1-9-5-6-10(15)7-11(9)19-8-12-16-13(18-17-12)14(2,3)4/h5-7H,8,15H2,1-4H3. The predicted molar refractivity (Wildman–Crippen MR) is 78.2 cm³/mol. The van der Waals surface area contributed by atoms with E-state index in [0.717, 1.165) is 16.4 Å². The molecule has 0 aliphatic rings. The summed E-state index contributed by atoms with van der Waals surface area (Å²) < 4.78 is 5.27. The molecule has 1 aromatic carbocycles. The second-order valence-corrected chi connectivity index (χ2v) is 6.60. The van der Waals surface area contributed by atoms with Crippen LogP contribution >= 0.6 is 11.8 Å². The summed E-state index contributed by atoms with van der Waals surface area (Å²) in [7, 11) is 0. The smallest absolute Gasteiger partial charge is 0.232 e. The Labute approximate surface area is 117 Å². The molecule has 0 saturated heterocycles. The van der Waals surface area contributed by atoms with Gasteiger partial charge in [-0.3, -0.25) is 0 Å². The van der Waals surface area contributed by atoms with Gasteiger partial charge in [-0.15, -0.1) is 11.8 Å². The van der Waals surface area contributed by atoms with Gasteiger partial charge in [0.05, 0.1) is 5.75 Å². The van der Waals surface area contributed by atoms with Gasteiger partial charge in [0.25, 0.3) is 0 Å². The van der Waals surface area contributed by atoms with Gasteiger partial charge in [0.15, 0.2) is 5.82 Å². The third-order valence-corrected chi connectivity index (χ3v) is 3.83. The van der Waals surface area contributed by atoms with Crippen LogP contribution in [0.2, 0.25) is 0 Å². The van der Waals surface area contributed by atoms with Gasteiger partial charge in [0.1, 0.15) is 0 Å². The molecular formula is C14H19N3OS. The van der Waals surface area contributed by atoms with Gasteiger partial charge in [0, 0.05) is 16.0 Å². The third-order valence-electron chi connectivity index (χ3n) is 2.68. The highest BCUT2D eigenvalue weighted by Crippen LogP contribution is 2.28. The van der Waals surface area contributed by atoms with Crippen molar-refractivity contribution >= 4 is 17.4 Å². The molecule has 102 valence electrons. The van der Waals surface area contributed by atoms with Crippen LogP contribution in [0, 0.1) is 6.92 Å². The van der Waals surface area contributed by atoms with Crippen molar-refractivity contribution in [2.24, 2.45) is 0 Å². The normalized spacial score (nSPS) is 11.8. The zero-order valence-corrected chi connectivity index (χ0v) is 12.5. The van der Waals surface area contributed by atoms with E-state index in [2.05, 4.69) is 37.8 Å². The monoisotopic (exact) mass is 277 g/mol. The Morgan fingerprint density at radius 1 is 1.32 bits per heavy atom. The maximum Gasteiger partial charge on any atom is 0.232 e. The topological polar surface area (TPSA) is 64.9 Å². The molecule has 2 N–H and O–H groups in total. The average Bonchev–Trinajstić information content (AvgIpc) is 2.79. The molecule has 19 heavy (non-hydrogen) atoms. The number of hydrogen-bond donors (Lipinski definition) is 1. The van der Waals surface area contributed by atoms with Crippen LogP contribution in [0.25, 0.3) is 0 Å². The van der Waals surface area contributed by atoms with Crippen LogP contribution in [0.5, 0.6) is 0 Å². The average molecular weight is 277 g/mol. The zero-order chi connectivity index (χ0) is 14.0. The van der Waals surface area contributed by atoms with Crippen molar-refractivity contribution < 1.29 is 4.52 Å². The molecule has 0 radical (unpaired) electrons. The Morgan fingerprint density at radius 3 is 2.68 bits per heavy atom. The largest absolute Gasteiger partial charge is 0.399 e. The second-order valence-electron chi connectivity index (χ2n) is 5.58. The Hall–Kier alpha value is -1.49. The third kappa shape index (κ3) is 3.50. The first-order valence-corrected chi connectivity index (χ1v) is 7.17. The van der Waals surface area contributed by atoms with Crippen LogP contribution in [-0.4, -0.2) is 10.1 Å². The molecule has 5 heteroatoms. The van der Waals surface area contributed by atoms with E-state index in [1.165, 1.54) is 5.56 Å². The maximum atomic E-state index is 5.79. The molecule has 0 aliphatic heterocycles. The number of hydrogen-bond acceptors (Lipinski definition) is 5. The van der Waals surface area contributed by atoms with Crippen molar-refractivity contribution in [1.82, 2.24) is 10.1 Å². The minimum atomic E-state index is -0.108. The Balaban J connectivity index is 2.06. The fourth-order valence-corrected chi connectivity index (χ4v) is 2.45. The van der Waals surface area contributed by atoms with E-state index < -0.39 is 0 Å². The zero-order valence-electron chi connectivity index (χ0n) is 11.7. The van der Waals surface area contributed by atoms with Crippen LogP contribution in [0.1, 0.15) is 38.0 Å². The molecule has 4 nitrogen and oxygen atoms in total. The molecule has 1 heterocycles. The Kier molecular flexibility index (Phi) is 3.85. The molecule has 0 bridgehead atoms. The van der Waals surface area contributed by atoms with E-state index >= 15 is 0 Å². The molecule has 0 spiro atoms. The van der Waals surface area contributed by atoms with Crippen molar-refractivity contribution in [3.8, 4) is 0 Å². The summed E-state index contributed by atoms with van der Waals surface area (Å²) in [5, 5.41) is 4.01. The van der Waals surface area contributed by atoms with Crippen molar-refractivity contribution in [1.29, 1.82) is 0 Å². The lowest BCUT2D eigenvalue weighted by molar-refractivity contribution is 0.319. The van der Waals surface area contributed by atoms with Gasteiger partial charge in [-0.1, -0.05) is 32.0 Å². The van der Waals surface area contributed by atoms with Gasteiger partial charge in [-0.25, -0.2) is 0 Å². The predicted octanol–water partition coefficient (Wildman–Crippen LogP) is 3.55. The van der Waals surface area contributed by atoms with E-state index in [-0.39, 0.29) is 5.41 Å². The number of nitrogen functional groups attached to an aromatic ring is 1. The summed E-state index contributed by atoms with van der Waals surface area (Å²) in [6, 6.07) is 5.91. The molecule has 1 aromatic heterocycles. The highest BCUT2D eigenvalue weighted by Gasteiger charge is 2.21. The molecule has 0 saturated carbocycles. The van der Waals surface area contributed by atoms with Gasteiger partial charge in [0.2, 0.25) is 5.89 Å². The van der Waals surface area contributed by atoms with Gasteiger partial charge < -0.3 is 10.3 Å². The molecule has 0 atom stereocenters. The van der Waals surface area contributed by atoms with E-state index in [9.17, 15) is 0 Å². The maximum absolute atomic E-state index is 5.79. The summed E-state index contributed by atoms with van der Waals surface area (Å²) >= 11 is 1.67. The lowest BCUT2D eigenvalue weighted by Crippen LogP contribution is -2.11. The van der Waals surface area contributed by atoms with E-state index in [1.54, 1.807) is 11.8 Å². The van der Waals surface area contributed by atoms with Crippen molar-refractivity contribution in [2.45, 2.75) is 43.8 Å².